The summed E-state index contributed by atoms with van der Waals surface area (Å²) in [5, 5.41) is 11.8. The maximum atomic E-state index is 10.8. The monoisotopic (exact) mass is 265 g/mol. The number of carbonyl (C=O) groups excluding carboxylic acids is 1. The van der Waals surface area contributed by atoms with E-state index >= 15 is 0 Å². The minimum Gasteiger partial charge on any atom is -0.478 e. The Morgan fingerprint density at radius 2 is 2.11 bits per heavy atom. The van der Waals surface area contributed by atoms with E-state index in [1.807, 2.05) is 0 Å². The Balaban J connectivity index is 2.70. The highest BCUT2D eigenvalue weighted by Crippen LogP contribution is 2.14. The van der Waals surface area contributed by atoms with Crippen molar-refractivity contribution in [2.75, 3.05) is 6.54 Å². The molecule has 94 valence electrons. The highest BCUT2D eigenvalue weighted by atomic mass is 35.5. The Morgan fingerprint density at radius 3 is 2.72 bits per heavy atom. The molecule has 4 nitrogen and oxygen atoms in total. The van der Waals surface area contributed by atoms with Gasteiger partial charge in [0.25, 0.3) is 0 Å². The van der Waals surface area contributed by atoms with Crippen molar-refractivity contribution in [1.29, 1.82) is 0 Å². The van der Waals surface area contributed by atoms with Crippen LogP contribution in [-0.2, 0) is 4.79 Å². The van der Waals surface area contributed by atoms with Gasteiger partial charge in [0, 0.05) is 30.5 Å². The Kier molecular flexibility index (Phi) is 5.22. The van der Waals surface area contributed by atoms with Crippen LogP contribution in [0.2, 0.25) is 5.02 Å². The molecule has 18 heavy (non-hydrogen) atoms. The Hall–Kier alpha value is -1.99. The number of halogens is 1. The van der Waals surface area contributed by atoms with Gasteiger partial charge in [-0.3, -0.25) is 4.79 Å². The summed E-state index contributed by atoms with van der Waals surface area (Å²) in [7, 11) is 0. The lowest BCUT2D eigenvalue weighted by Gasteiger charge is -1.98. The first-order valence-electron chi connectivity index (χ1n) is 5.26. The number of hydrogen-bond donors (Lipinski definition) is 2. The first-order chi connectivity index (χ1) is 8.49. The number of amides is 1. The van der Waals surface area contributed by atoms with E-state index in [2.05, 4.69) is 17.2 Å². The molecule has 0 bridgehead atoms. The van der Waals surface area contributed by atoms with Gasteiger partial charge >= 0.3 is 5.97 Å². The second-order valence-electron chi connectivity index (χ2n) is 3.57. The molecule has 0 unspecified atom stereocenters. The van der Waals surface area contributed by atoms with Crippen LogP contribution >= 0.6 is 11.6 Å². The third kappa shape index (κ3) is 4.89. The molecule has 2 N–H and O–H groups in total. The van der Waals surface area contributed by atoms with E-state index in [-0.39, 0.29) is 11.5 Å². The minimum atomic E-state index is -1.04. The lowest BCUT2D eigenvalue weighted by atomic mass is 10.1. The lowest BCUT2D eigenvalue weighted by Crippen LogP contribution is -2.20. The van der Waals surface area contributed by atoms with Crippen molar-refractivity contribution in [3.63, 3.8) is 0 Å². The molecule has 1 aromatic rings. The van der Waals surface area contributed by atoms with Crippen LogP contribution in [0, 0.1) is 11.8 Å². The third-order valence-electron chi connectivity index (χ3n) is 2.00. The zero-order valence-corrected chi connectivity index (χ0v) is 10.5. The number of hydrogen-bond acceptors (Lipinski definition) is 2. The number of aromatic carboxylic acids is 1. The topological polar surface area (TPSA) is 66.4 Å². The van der Waals surface area contributed by atoms with Crippen molar-refractivity contribution >= 4 is 23.5 Å². The molecular weight excluding hydrogens is 254 g/mol. The molecule has 1 rings (SSSR count). The summed E-state index contributed by atoms with van der Waals surface area (Å²) in [6.45, 7) is 1.90. The van der Waals surface area contributed by atoms with Gasteiger partial charge in [-0.25, -0.2) is 4.79 Å². The molecule has 0 radical (unpaired) electrons. The van der Waals surface area contributed by atoms with Crippen LogP contribution < -0.4 is 5.32 Å². The van der Waals surface area contributed by atoms with Crippen molar-refractivity contribution in [3.8, 4) is 11.8 Å². The number of carboxylic acid groups (broad SMARTS) is 1. The Labute approximate surface area is 110 Å². The lowest BCUT2D eigenvalue weighted by molar-refractivity contribution is -0.118. The molecule has 0 aliphatic heterocycles. The highest BCUT2D eigenvalue weighted by Gasteiger charge is 2.04. The Bertz CT molecular complexity index is 529. The number of rotatable bonds is 3. The molecule has 0 spiro atoms. The largest absolute Gasteiger partial charge is 0.478 e. The van der Waals surface area contributed by atoms with Crippen molar-refractivity contribution in [2.45, 2.75) is 13.3 Å². The van der Waals surface area contributed by atoms with Gasteiger partial charge in [-0.2, -0.15) is 0 Å². The maximum absolute atomic E-state index is 10.8. The summed E-state index contributed by atoms with van der Waals surface area (Å²) in [6, 6.07) is 4.42. The van der Waals surface area contributed by atoms with E-state index in [0.717, 1.165) is 0 Å². The van der Waals surface area contributed by atoms with E-state index in [1.54, 1.807) is 6.07 Å². The van der Waals surface area contributed by atoms with Crippen molar-refractivity contribution in [2.24, 2.45) is 0 Å². The van der Waals surface area contributed by atoms with Crippen molar-refractivity contribution < 1.29 is 14.7 Å². The molecule has 5 heteroatoms. The fourth-order valence-corrected chi connectivity index (χ4v) is 1.49. The first-order valence-corrected chi connectivity index (χ1v) is 5.64. The van der Waals surface area contributed by atoms with Gasteiger partial charge in [0.05, 0.1) is 5.56 Å². The van der Waals surface area contributed by atoms with Gasteiger partial charge in [0.15, 0.2) is 0 Å². The van der Waals surface area contributed by atoms with Gasteiger partial charge in [0.1, 0.15) is 0 Å². The Morgan fingerprint density at radius 1 is 1.39 bits per heavy atom. The van der Waals surface area contributed by atoms with Gasteiger partial charge < -0.3 is 10.4 Å². The average Bonchev–Trinajstić information content (AvgIpc) is 2.27. The highest BCUT2D eigenvalue weighted by molar-refractivity contribution is 6.31. The normalized spacial score (nSPS) is 9.22. The fourth-order valence-electron chi connectivity index (χ4n) is 1.25. The number of nitrogens with one attached hydrogen (secondary N) is 1. The quantitative estimate of drug-likeness (QED) is 0.648. The molecule has 0 aliphatic carbocycles. The molecule has 0 aromatic heterocycles. The molecule has 0 atom stereocenters. The second-order valence-corrected chi connectivity index (χ2v) is 4.00. The summed E-state index contributed by atoms with van der Waals surface area (Å²) in [4.78, 5) is 21.4. The SMILES string of the molecule is CC(=O)NCCC#Cc1cc(Cl)cc(C(=O)O)c1. The molecule has 0 heterocycles. The predicted octanol–water partition coefficient (Wildman–Crippen LogP) is 1.92. The van der Waals surface area contributed by atoms with Crippen LogP contribution in [0.5, 0.6) is 0 Å². The summed E-state index contributed by atoms with van der Waals surface area (Å²) >= 11 is 5.79. The van der Waals surface area contributed by atoms with Crippen LogP contribution in [0.25, 0.3) is 0 Å². The van der Waals surface area contributed by atoms with Crippen LogP contribution in [-0.4, -0.2) is 23.5 Å². The number of benzene rings is 1. The zero-order valence-electron chi connectivity index (χ0n) is 9.79. The number of carboxylic acids is 1. The van der Waals surface area contributed by atoms with Crippen LogP contribution in [0.4, 0.5) is 0 Å². The standard InChI is InChI=1S/C13H12ClNO3/c1-9(16)15-5-3-2-4-10-6-11(13(17)18)8-12(14)7-10/h6-8H,3,5H2,1H3,(H,15,16)(H,17,18). The fraction of sp³-hybridized carbons (Fsp3) is 0.231. The maximum Gasteiger partial charge on any atom is 0.335 e. The van der Waals surface area contributed by atoms with Gasteiger partial charge in [0.2, 0.25) is 5.91 Å². The van der Waals surface area contributed by atoms with Crippen LogP contribution in [0.1, 0.15) is 29.3 Å². The molecule has 0 aliphatic rings. The van der Waals surface area contributed by atoms with Crippen molar-refractivity contribution in [1.82, 2.24) is 5.32 Å². The molecule has 1 amide bonds. The third-order valence-corrected chi connectivity index (χ3v) is 2.22. The first kappa shape index (κ1) is 14.1. The molecule has 1 aromatic carbocycles. The van der Waals surface area contributed by atoms with E-state index in [9.17, 15) is 9.59 Å². The summed E-state index contributed by atoms with van der Waals surface area (Å²) < 4.78 is 0. The molecule has 0 fully saturated rings. The molecule has 0 saturated heterocycles. The second kappa shape index (κ2) is 6.67. The summed E-state index contributed by atoms with van der Waals surface area (Å²) in [5.74, 6) is 4.49. The van der Waals surface area contributed by atoms with Gasteiger partial charge in [-0.05, 0) is 18.2 Å². The summed E-state index contributed by atoms with van der Waals surface area (Å²) in [6.07, 6.45) is 0.495. The number of carbonyl (C=O) groups is 2. The van der Waals surface area contributed by atoms with E-state index in [4.69, 9.17) is 16.7 Å². The molecule has 0 saturated carbocycles. The van der Waals surface area contributed by atoms with E-state index in [1.165, 1.54) is 19.1 Å². The smallest absolute Gasteiger partial charge is 0.335 e. The summed E-state index contributed by atoms with van der Waals surface area (Å²) in [5.41, 5.74) is 0.649. The van der Waals surface area contributed by atoms with Crippen LogP contribution in [0.15, 0.2) is 18.2 Å². The predicted molar refractivity (Wildman–Crippen MR) is 68.6 cm³/mol. The van der Waals surface area contributed by atoms with Gasteiger partial charge in [-0.15, -0.1) is 0 Å². The minimum absolute atomic E-state index is 0.104. The van der Waals surface area contributed by atoms with E-state index < -0.39 is 5.97 Å². The van der Waals surface area contributed by atoms with Gasteiger partial charge in [-0.1, -0.05) is 23.4 Å². The van der Waals surface area contributed by atoms with Crippen molar-refractivity contribution in [3.05, 3.63) is 34.3 Å². The average molecular weight is 266 g/mol. The molecular formula is C13H12ClNO3. The zero-order chi connectivity index (χ0) is 13.5. The van der Waals surface area contributed by atoms with Crippen LogP contribution in [0.3, 0.4) is 0 Å². The van der Waals surface area contributed by atoms with E-state index in [0.29, 0.717) is 23.6 Å².